The van der Waals surface area contributed by atoms with Crippen LogP contribution in [0.15, 0.2) is 57.9 Å². The molecule has 2 nitrogen and oxygen atoms in total. The molecule has 0 radical (unpaired) electrons. The second kappa shape index (κ2) is 6.71. The molecular formula is C14H14BrNOS. The average molecular weight is 324 g/mol. The smallest absolute Gasteiger partial charge is 0.121 e. The summed E-state index contributed by atoms with van der Waals surface area (Å²) in [4.78, 5) is 1.24. The molecule has 4 heteroatoms. The van der Waals surface area contributed by atoms with Gasteiger partial charge in [0.25, 0.3) is 0 Å². The van der Waals surface area contributed by atoms with Crippen molar-refractivity contribution in [3.05, 3.63) is 53.0 Å². The Bertz CT molecular complexity index is 501. The van der Waals surface area contributed by atoms with Crippen LogP contribution in [0.4, 0.5) is 5.69 Å². The Morgan fingerprint density at radius 1 is 1.11 bits per heavy atom. The second-order valence-electron chi connectivity index (χ2n) is 3.72. The van der Waals surface area contributed by atoms with E-state index in [2.05, 4.69) is 28.1 Å². The summed E-state index contributed by atoms with van der Waals surface area (Å²) < 4.78 is 6.72. The number of anilines is 1. The molecule has 0 atom stereocenters. The minimum atomic E-state index is 0.671. The third kappa shape index (κ3) is 4.27. The van der Waals surface area contributed by atoms with Gasteiger partial charge >= 0.3 is 0 Å². The first-order valence-electron chi connectivity index (χ1n) is 5.61. The zero-order chi connectivity index (χ0) is 12.8. The van der Waals surface area contributed by atoms with Crippen molar-refractivity contribution in [1.29, 1.82) is 0 Å². The van der Waals surface area contributed by atoms with Crippen LogP contribution in [0.25, 0.3) is 0 Å². The molecule has 18 heavy (non-hydrogen) atoms. The molecule has 94 valence electrons. The van der Waals surface area contributed by atoms with Crippen molar-refractivity contribution in [3.8, 4) is 5.75 Å². The summed E-state index contributed by atoms with van der Waals surface area (Å²) >= 11 is 5.19. The lowest BCUT2D eigenvalue weighted by molar-refractivity contribution is 0.344. The van der Waals surface area contributed by atoms with Gasteiger partial charge in [0.1, 0.15) is 5.75 Å². The van der Waals surface area contributed by atoms with E-state index in [4.69, 9.17) is 10.5 Å². The number of ether oxygens (including phenoxy) is 1. The lowest BCUT2D eigenvalue weighted by Crippen LogP contribution is -2.00. The highest BCUT2D eigenvalue weighted by Crippen LogP contribution is 2.21. The van der Waals surface area contributed by atoms with Gasteiger partial charge in [-0.1, -0.05) is 22.0 Å². The van der Waals surface area contributed by atoms with Gasteiger partial charge in [0.2, 0.25) is 0 Å². The van der Waals surface area contributed by atoms with Gasteiger partial charge in [-0.25, -0.2) is 0 Å². The van der Waals surface area contributed by atoms with Crippen LogP contribution in [0.3, 0.4) is 0 Å². The van der Waals surface area contributed by atoms with Crippen LogP contribution in [0.5, 0.6) is 5.75 Å². The lowest BCUT2D eigenvalue weighted by atomic mass is 10.3. The van der Waals surface area contributed by atoms with E-state index < -0.39 is 0 Å². The molecule has 0 saturated carbocycles. The Labute approximate surface area is 120 Å². The van der Waals surface area contributed by atoms with Crippen LogP contribution in [0, 0.1) is 0 Å². The van der Waals surface area contributed by atoms with Crippen LogP contribution in [0.1, 0.15) is 0 Å². The molecule has 0 spiro atoms. The van der Waals surface area contributed by atoms with Gasteiger partial charge in [-0.2, -0.15) is 0 Å². The van der Waals surface area contributed by atoms with Crippen LogP contribution < -0.4 is 10.5 Å². The van der Waals surface area contributed by atoms with E-state index in [1.807, 2.05) is 36.4 Å². The topological polar surface area (TPSA) is 35.2 Å². The zero-order valence-corrected chi connectivity index (χ0v) is 12.2. The first-order valence-corrected chi connectivity index (χ1v) is 7.38. The predicted octanol–water partition coefficient (Wildman–Crippen LogP) is 4.20. The molecule has 0 amide bonds. The summed E-state index contributed by atoms with van der Waals surface area (Å²) in [5.41, 5.74) is 6.41. The molecule has 0 bridgehead atoms. The number of nitrogen functional groups attached to an aromatic ring is 1. The van der Waals surface area contributed by atoms with Gasteiger partial charge in [0, 0.05) is 26.9 Å². The predicted molar refractivity (Wildman–Crippen MR) is 81.2 cm³/mol. The Hall–Kier alpha value is -1.13. The number of nitrogens with two attached hydrogens (primary N) is 1. The molecule has 2 rings (SSSR count). The average Bonchev–Trinajstić information content (AvgIpc) is 2.37. The van der Waals surface area contributed by atoms with Gasteiger partial charge < -0.3 is 10.5 Å². The SMILES string of the molecule is Nc1cccc(OCCSc2ccc(Br)cc2)c1. The van der Waals surface area contributed by atoms with Crippen molar-refractivity contribution in [3.63, 3.8) is 0 Å². The van der Waals surface area contributed by atoms with Gasteiger partial charge in [-0.05, 0) is 36.4 Å². The van der Waals surface area contributed by atoms with Crippen molar-refractivity contribution in [1.82, 2.24) is 0 Å². The molecule has 0 aliphatic carbocycles. The van der Waals surface area contributed by atoms with E-state index in [0.29, 0.717) is 6.61 Å². The summed E-state index contributed by atoms with van der Waals surface area (Å²) in [5.74, 6) is 1.74. The molecule has 0 heterocycles. The van der Waals surface area contributed by atoms with E-state index in [9.17, 15) is 0 Å². The van der Waals surface area contributed by atoms with Gasteiger partial charge in [-0.3, -0.25) is 0 Å². The molecule has 2 aromatic carbocycles. The molecule has 2 N–H and O–H groups in total. The fourth-order valence-corrected chi connectivity index (χ4v) is 2.45. The minimum Gasteiger partial charge on any atom is -0.493 e. The number of halogens is 1. The zero-order valence-electron chi connectivity index (χ0n) is 9.80. The lowest BCUT2D eigenvalue weighted by Gasteiger charge is -2.06. The van der Waals surface area contributed by atoms with Gasteiger partial charge in [-0.15, -0.1) is 11.8 Å². The first kappa shape index (κ1) is 13.3. The molecular weight excluding hydrogens is 310 g/mol. The van der Waals surface area contributed by atoms with Crippen LogP contribution >= 0.6 is 27.7 Å². The number of hydrogen-bond acceptors (Lipinski definition) is 3. The maximum absolute atomic E-state index is 5.68. The normalized spacial score (nSPS) is 10.3. The fraction of sp³-hybridized carbons (Fsp3) is 0.143. The highest BCUT2D eigenvalue weighted by atomic mass is 79.9. The minimum absolute atomic E-state index is 0.671. The fourth-order valence-electron chi connectivity index (χ4n) is 1.45. The summed E-state index contributed by atoms with van der Waals surface area (Å²) in [6, 6.07) is 15.8. The molecule has 0 fully saturated rings. The highest BCUT2D eigenvalue weighted by molar-refractivity contribution is 9.10. The standard InChI is InChI=1S/C14H14BrNOS/c15-11-4-6-14(7-5-11)18-9-8-17-13-3-1-2-12(16)10-13/h1-7,10H,8-9,16H2. The third-order valence-electron chi connectivity index (χ3n) is 2.29. The monoisotopic (exact) mass is 323 g/mol. The Morgan fingerprint density at radius 3 is 2.61 bits per heavy atom. The largest absolute Gasteiger partial charge is 0.493 e. The maximum atomic E-state index is 5.68. The van der Waals surface area contributed by atoms with E-state index >= 15 is 0 Å². The van der Waals surface area contributed by atoms with Crippen molar-refractivity contribution in [2.75, 3.05) is 18.1 Å². The van der Waals surface area contributed by atoms with Crippen LogP contribution in [-0.2, 0) is 0 Å². The number of thioether (sulfide) groups is 1. The van der Waals surface area contributed by atoms with Crippen LogP contribution in [0.2, 0.25) is 0 Å². The Kier molecular flexibility index (Phi) is 4.96. The van der Waals surface area contributed by atoms with E-state index in [1.54, 1.807) is 11.8 Å². The summed E-state index contributed by atoms with van der Waals surface area (Å²) in [6.45, 7) is 0.671. The van der Waals surface area contributed by atoms with Crippen molar-refractivity contribution < 1.29 is 4.74 Å². The quantitative estimate of drug-likeness (QED) is 0.508. The first-order chi connectivity index (χ1) is 8.74. The summed E-state index contributed by atoms with van der Waals surface area (Å²) in [5, 5.41) is 0. The Balaban J connectivity index is 1.74. The molecule has 0 saturated heterocycles. The molecule has 2 aromatic rings. The van der Waals surface area contributed by atoms with E-state index in [1.165, 1.54) is 4.90 Å². The molecule has 0 aliphatic rings. The molecule has 0 aromatic heterocycles. The highest BCUT2D eigenvalue weighted by Gasteiger charge is 1.96. The number of rotatable bonds is 5. The third-order valence-corrected chi connectivity index (χ3v) is 3.80. The van der Waals surface area contributed by atoms with E-state index in [0.717, 1.165) is 21.7 Å². The Morgan fingerprint density at radius 2 is 1.89 bits per heavy atom. The second-order valence-corrected chi connectivity index (χ2v) is 5.81. The van der Waals surface area contributed by atoms with Gasteiger partial charge in [0.15, 0.2) is 0 Å². The van der Waals surface area contributed by atoms with Crippen molar-refractivity contribution in [2.45, 2.75) is 4.90 Å². The van der Waals surface area contributed by atoms with E-state index in [-0.39, 0.29) is 0 Å². The number of hydrogen-bond donors (Lipinski definition) is 1. The summed E-state index contributed by atoms with van der Waals surface area (Å²) in [7, 11) is 0. The molecule has 0 unspecified atom stereocenters. The van der Waals surface area contributed by atoms with Gasteiger partial charge in [0.05, 0.1) is 6.61 Å². The maximum Gasteiger partial charge on any atom is 0.121 e. The van der Waals surface area contributed by atoms with Crippen LogP contribution in [-0.4, -0.2) is 12.4 Å². The summed E-state index contributed by atoms with van der Waals surface area (Å²) in [6.07, 6.45) is 0. The van der Waals surface area contributed by atoms with Crippen molar-refractivity contribution in [2.24, 2.45) is 0 Å². The number of benzene rings is 2. The molecule has 0 aliphatic heterocycles. The van der Waals surface area contributed by atoms with Crippen molar-refractivity contribution >= 4 is 33.4 Å².